The molecule has 0 unspecified atom stereocenters. The van der Waals surface area contributed by atoms with Crippen LogP contribution in [0.5, 0.6) is 0 Å². The van der Waals surface area contributed by atoms with Crippen LogP contribution in [-0.2, 0) is 0 Å². The molecule has 0 bridgehead atoms. The Bertz CT molecular complexity index is 402. The van der Waals surface area contributed by atoms with Crippen LogP contribution in [0.3, 0.4) is 0 Å². The maximum atomic E-state index is 12.0. The maximum absolute atomic E-state index is 12.0. The molecule has 4 heteroatoms. The highest BCUT2D eigenvalue weighted by molar-refractivity contribution is 9.10. The van der Waals surface area contributed by atoms with E-state index in [9.17, 15) is 4.79 Å². The molecule has 0 atom stereocenters. The molecule has 1 amide bonds. The Labute approximate surface area is 105 Å². The molecule has 16 heavy (non-hydrogen) atoms. The fourth-order valence-electron chi connectivity index (χ4n) is 1.28. The predicted molar refractivity (Wildman–Crippen MR) is 69.5 cm³/mol. The van der Waals surface area contributed by atoms with Crippen molar-refractivity contribution in [2.45, 2.75) is 26.3 Å². The second kappa shape index (κ2) is 4.97. The number of halogens is 1. The summed E-state index contributed by atoms with van der Waals surface area (Å²) in [6.45, 7) is 6.12. The monoisotopic (exact) mass is 284 g/mol. The number of amides is 1. The third kappa shape index (κ3) is 3.06. The highest BCUT2D eigenvalue weighted by atomic mass is 79.9. The van der Waals surface area contributed by atoms with Gasteiger partial charge in [-0.1, -0.05) is 22.0 Å². The van der Waals surface area contributed by atoms with Crippen molar-refractivity contribution in [3.8, 4) is 0 Å². The van der Waals surface area contributed by atoms with Crippen LogP contribution in [0, 0.1) is 6.92 Å². The van der Waals surface area contributed by atoms with Gasteiger partial charge in [-0.2, -0.15) is 0 Å². The van der Waals surface area contributed by atoms with Crippen LogP contribution in [0.15, 0.2) is 22.7 Å². The number of carbonyl (C=O) groups excluding carboxylic acids is 1. The molecule has 1 rings (SSSR count). The van der Waals surface area contributed by atoms with Crippen molar-refractivity contribution in [3.05, 3.63) is 33.8 Å². The molecule has 1 aromatic rings. The van der Waals surface area contributed by atoms with Gasteiger partial charge in [0.15, 0.2) is 0 Å². The second-order valence-electron chi connectivity index (χ2n) is 4.45. The van der Waals surface area contributed by atoms with Gasteiger partial charge in [-0.15, -0.1) is 0 Å². The lowest BCUT2D eigenvalue weighted by Gasteiger charge is -2.24. The van der Waals surface area contributed by atoms with Crippen LogP contribution in [0.4, 0.5) is 0 Å². The Morgan fingerprint density at radius 1 is 1.50 bits per heavy atom. The van der Waals surface area contributed by atoms with E-state index in [1.54, 1.807) is 0 Å². The zero-order valence-corrected chi connectivity index (χ0v) is 11.4. The van der Waals surface area contributed by atoms with Crippen LogP contribution in [-0.4, -0.2) is 18.0 Å². The van der Waals surface area contributed by atoms with Crippen LogP contribution >= 0.6 is 15.9 Å². The van der Waals surface area contributed by atoms with Gasteiger partial charge < -0.3 is 11.1 Å². The van der Waals surface area contributed by atoms with Gasteiger partial charge >= 0.3 is 0 Å². The summed E-state index contributed by atoms with van der Waals surface area (Å²) in [6, 6.07) is 5.57. The number of carbonyl (C=O) groups is 1. The largest absolute Gasteiger partial charge is 0.346 e. The highest BCUT2D eigenvalue weighted by Crippen LogP contribution is 2.19. The van der Waals surface area contributed by atoms with E-state index >= 15 is 0 Å². The molecule has 0 aliphatic carbocycles. The van der Waals surface area contributed by atoms with E-state index in [1.807, 2.05) is 39.0 Å². The summed E-state index contributed by atoms with van der Waals surface area (Å²) in [4.78, 5) is 12.0. The minimum absolute atomic E-state index is 0.0887. The van der Waals surface area contributed by atoms with Crippen molar-refractivity contribution in [3.63, 3.8) is 0 Å². The first-order chi connectivity index (χ1) is 7.37. The van der Waals surface area contributed by atoms with Gasteiger partial charge in [-0.25, -0.2) is 0 Å². The first kappa shape index (κ1) is 13.2. The number of hydrogen-bond acceptors (Lipinski definition) is 2. The number of nitrogens with one attached hydrogen (secondary N) is 1. The quantitative estimate of drug-likeness (QED) is 0.894. The summed E-state index contributed by atoms with van der Waals surface area (Å²) in [7, 11) is 0. The zero-order chi connectivity index (χ0) is 12.3. The molecular formula is C12H17BrN2O. The molecule has 3 N–H and O–H groups in total. The lowest BCUT2D eigenvalue weighted by atomic mass is 10.0. The Hall–Kier alpha value is -0.870. The fraction of sp³-hybridized carbons (Fsp3) is 0.417. The lowest BCUT2D eigenvalue weighted by molar-refractivity contribution is 0.0915. The molecule has 0 fully saturated rings. The van der Waals surface area contributed by atoms with Gasteiger partial charge in [0.05, 0.1) is 0 Å². The van der Waals surface area contributed by atoms with Crippen LogP contribution in [0.1, 0.15) is 29.8 Å². The van der Waals surface area contributed by atoms with Crippen molar-refractivity contribution in [2.24, 2.45) is 5.73 Å². The summed E-state index contributed by atoms with van der Waals surface area (Å²) in [5.41, 5.74) is 6.81. The Kier molecular flexibility index (Phi) is 4.10. The minimum atomic E-state index is -0.383. The molecule has 3 nitrogen and oxygen atoms in total. The van der Waals surface area contributed by atoms with E-state index in [1.165, 1.54) is 0 Å². The summed E-state index contributed by atoms with van der Waals surface area (Å²) in [5, 5.41) is 2.91. The number of hydrogen-bond donors (Lipinski definition) is 2. The molecule has 0 heterocycles. The summed E-state index contributed by atoms with van der Waals surface area (Å²) < 4.78 is 0.936. The van der Waals surface area contributed by atoms with Gasteiger partial charge in [0.2, 0.25) is 0 Å². The fourth-order valence-corrected chi connectivity index (χ4v) is 1.65. The third-order valence-corrected chi connectivity index (χ3v) is 3.33. The van der Waals surface area contributed by atoms with Crippen molar-refractivity contribution >= 4 is 21.8 Å². The summed E-state index contributed by atoms with van der Waals surface area (Å²) in [6.07, 6.45) is 0. The Morgan fingerprint density at radius 2 is 2.12 bits per heavy atom. The Morgan fingerprint density at radius 3 is 2.69 bits per heavy atom. The molecule has 0 spiro atoms. The molecule has 0 aliphatic heterocycles. The summed E-state index contributed by atoms with van der Waals surface area (Å²) >= 11 is 3.41. The minimum Gasteiger partial charge on any atom is -0.346 e. The van der Waals surface area contributed by atoms with Gasteiger partial charge in [0, 0.05) is 22.1 Å². The molecular weight excluding hydrogens is 268 g/mol. The van der Waals surface area contributed by atoms with E-state index in [0.717, 1.165) is 10.0 Å². The average molecular weight is 285 g/mol. The van der Waals surface area contributed by atoms with E-state index in [-0.39, 0.29) is 11.4 Å². The van der Waals surface area contributed by atoms with Gasteiger partial charge in [0.25, 0.3) is 5.91 Å². The van der Waals surface area contributed by atoms with Crippen molar-refractivity contribution in [2.75, 3.05) is 6.54 Å². The first-order valence-electron chi connectivity index (χ1n) is 5.15. The van der Waals surface area contributed by atoms with Gasteiger partial charge in [-0.3, -0.25) is 4.79 Å². The van der Waals surface area contributed by atoms with Gasteiger partial charge in [-0.05, 0) is 38.5 Å². The topological polar surface area (TPSA) is 55.1 Å². The van der Waals surface area contributed by atoms with Crippen LogP contribution in [0.25, 0.3) is 0 Å². The van der Waals surface area contributed by atoms with Crippen molar-refractivity contribution in [1.82, 2.24) is 5.32 Å². The molecule has 0 saturated heterocycles. The van der Waals surface area contributed by atoms with Crippen molar-refractivity contribution in [1.29, 1.82) is 0 Å². The molecule has 0 aliphatic rings. The molecule has 0 aromatic heterocycles. The predicted octanol–water partition coefficient (Wildman–Crippen LogP) is 2.22. The molecule has 88 valence electrons. The van der Waals surface area contributed by atoms with E-state index in [4.69, 9.17) is 5.73 Å². The molecule has 0 saturated carbocycles. The van der Waals surface area contributed by atoms with Crippen LogP contribution in [0.2, 0.25) is 0 Å². The van der Waals surface area contributed by atoms with E-state index in [2.05, 4.69) is 21.2 Å². The smallest absolute Gasteiger partial charge is 0.252 e. The standard InChI is InChI=1S/C12H17BrN2O/c1-8-9(5-4-6-10(8)13)11(16)15-12(2,3)7-14/h4-6H,7,14H2,1-3H3,(H,15,16). The van der Waals surface area contributed by atoms with E-state index < -0.39 is 0 Å². The van der Waals surface area contributed by atoms with Crippen molar-refractivity contribution < 1.29 is 4.79 Å². The highest BCUT2D eigenvalue weighted by Gasteiger charge is 2.20. The SMILES string of the molecule is Cc1c(Br)cccc1C(=O)NC(C)(C)CN. The third-order valence-electron chi connectivity index (χ3n) is 2.47. The average Bonchev–Trinajstić information content (AvgIpc) is 2.21. The first-order valence-corrected chi connectivity index (χ1v) is 5.94. The zero-order valence-electron chi connectivity index (χ0n) is 9.80. The summed E-state index contributed by atoms with van der Waals surface area (Å²) in [5.74, 6) is -0.0887. The number of nitrogens with two attached hydrogens (primary N) is 1. The molecule has 1 aromatic carbocycles. The van der Waals surface area contributed by atoms with Gasteiger partial charge in [0.1, 0.15) is 0 Å². The maximum Gasteiger partial charge on any atom is 0.252 e. The molecule has 0 radical (unpaired) electrons. The Balaban J connectivity index is 2.94. The number of benzene rings is 1. The lowest BCUT2D eigenvalue weighted by Crippen LogP contribution is -2.49. The second-order valence-corrected chi connectivity index (χ2v) is 5.31. The van der Waals surface area contributed by atoms with E-state index in [0.29, 0.717) is 12.1 Å². The number of rotatable bonds is 3. The normalized spacial score (nSPS) is 11.3. The van der Waals surface area contributed by atoms with Crippen LogP contribution < -0.4 is 11.1 Å².